The summed E-state index contributed by atoms with van der Waals surface area (Å²) in [6.07, 6.45) is 1.91. The fourth-order valence-electron chi connectivity index (χ4n) is 3.58. The van der Waals surface area contributed by atoms with Crippen LogP contribution in [0.2, 0.25) is 0 Å². The molecule has 6 heteroatoms. The highest BCUT2D eigenvalue weighted by Gasteiger charge is 2.32. The van der Waals surface area contributed by atoms with E-state index in [1.54, 1.807) is 31.1 Å². The van der Waals surface area contributed by atoms with Gasteiger partial charge < -0.3 is 14.4 Å². The van der Waals surface area contributed by atoms with Crippen LogP contribution in [0.4, 0.5) is 0 Å². The van der Waals surface area contributed by atoms with Gasteiger partial charge in [0.25, 0.3) is 5.91 Å². The van der Waals surface area contributed by atoms with E-state index >= 15 is 0 Å². The van der Waals surface area contributed by atoms with E-state index in [0.717, 1.165) is 46.7 Å². The molecule has 1 amide bonds. The quantitative estimate of drug-likeness (QED) is 0.689. The van der Waals surface area contributed by atoms with Crippen molar-refractivity contribution in [2.24, 2.45) is 0 Å². The molecule has 134 valence electrons. The molecule has 0 unspecified atom stereocenters. The Morgan fingerprint density at radius 1 is 1.19 bits per heavy atom. The Labute approximate surface area is 156 Å². The molecule has 4 rings (SSSR count). The van der Waals surface area contributed by atoms with Gasteiger partial charge in [0, 0.05) is 23.7 Å². The van der Waals surface area contributed by atoms with E-state index in [2.05, 4.69) is 4.98 Å². The van der Waals surface area contributed by atoms with Gasteiger partial charge in [0.2, 0.25) is 0 Å². The van der Waals surface area contributed by atoms with E-state index in [1.807, 2.05) is 41.3 Å². The second-order valence-corrected chi connectivity index (χ2v) is 7.19. The highest BCUT2D eigenvalue weighted by molar-refractivity contribution is 7.16. The van der Waals surface area contributed by atoms with Gasteiger partial charge in [0.15, 0.2) is 0 Å². The smallest absolute Gasteiger partial charge is 0.254 e. The summed E-state index contributed by atoms with van der Waals surface area (Å²) in [5, 5.41) is 0. The number of carbonyl (C=O) groups excluding carboxylic acids is 1. The monoisotopic (exact) mass is 368 g/mol. The molecule has 1 aromatic heterocycles. The van der Waals surface area contributed by atoms with Gasteiger partial charge in [-0.1, -0.05) is 0 Å². The SMILES string of the molecule is COc1ccc([C@H]2CCCN2C(=O)c2ccc3ncsc3c2)c(OC)c1. The highest BCUT2D eigenvalue weighted by Crippen LogP contribution is 2.39. The number of thiazole rings is 1. The van der Waals surface area contributed by atoms with Gasteiger partial charge in [-0.2, -0.15) is 0 Å². The zero-order valence-corrected chi connectivity index (χ0v) is 15.6. The van der Waals surface area contributed by atoms with Gasteiger partial charge in [-0.3, -0.25) is 4.79 Å². The number of methoxy groups -OCH3 is 2. The fourth-order valence-corrected chi connectivity index (χ4v) is 4.30. The molecule has 0 N–H and O–H groups in total. The molecule has 1 aliphatic heterocycles. The van der Waals surface area contributed by atoms with Crippen LogP contribution in [-0.2, 0) is 0 Å². The summed E-state index contributed by atoms with van der Waals surface area (Å²) in [5.74, 6) is 1.56. The Bertz CT molecular complexity index is 953. The maximum Gasteiger partial charge on any atom is 0.254 e. The molecule has 5 nitrogen and oxygen atoms in total. The number of rotatable bonds is 4. The van der Waals surface area contributed by atoms with Crippen LogP contribution >= 0.6 is 11.3 Å². The van der Waals surface area contributed by atoms with Gasteiger partial charge in [-0.25, -0.2) is 4.98 Å². The van der Waals surface area contributed by atoms with Crippen molar-refractivity contribution >= 4 is 27.5 Å². The minimum Gasteiger partial charge on any atom is -0.497 e. The summed E-state index contributed by atoms with van der Waals surface area (Å²) >= 11 is 1.55. The van der Waals surface area contributed by atoms with Gasteiger partial charge in [0.05, 0.1) is 36.0 Å². The minimum absolute atomic E-state index is 0.0144. The first-order valence-electron chi connectivity index (χ1n) is 8.57. The van der Waals surface area contributed by atoms with Crippen molar-refractivity contribution < 1.29 is 14.3 Å². The van der Waals surface area contributed by atoms with Gasteiger partial charge in [-0.05, 0) is 43.2 Å². The van der Waals surface area contributed by atoms with E-state index < -0.39 is 0 Å². The van der Waals surface area contributed by atoms with Crippen molar-refractivity contribution in [3.63, 3.8) is 0 Å². The van der Waals surface area contributed by atoms with Crippen LogP contribution < -0.4 is 9.47 Å². The summed E-state index contributed by atoms with van der Waals surface area (Å²) in [6.45, 7) is 0.749. The number of aromatic nitrogens is 1. The number of hydrogen-bond acceptors (Lipinski definition) is 5. The third kappa shape index (κ3) is 2.90. The average Bonchev–Trinajstić information content (AvgIpc) is 3.35. The first-order valence-corrected chi connectivity index (χ1v) is 9.45. The first kappa shape index (κ1) is 16.8. The standard InChI is InChI=1S/C20H20N2O3S/c1-24-14-6-7-15(18(11-14)25-2)17-4-3-9-22(17)20(23)13-5-8-16-19(10-13)26-12-21-16/h5-8,10-12,17H,3-4,9H2,1-2H3/t17-/m1/s1. The Balaban J connectivity index is 1.66. The van der Waals surface area contributed by atoms with Crippen LogP contribution in [0.5, 0.6) is 11.5 Å². The molecule has 0 radical (unpaired) electrons. The van der Waals surface area contributed by atoms with E-state index in [1.165, 1.54) is 0 Å². The highest BCUT2D eigenvalue weighted by atomic mass is 32.1. The number of benzene rings is 2. The predicted molar refractivity (Wildman–Crippen MR) is 102 cm³/mol. The van der Waals surface area contributed by atoms with Crippen LogP contribution in [0.25, 0.3) is 10.2 Å². The molecule has 1 atom stereocenters. The second kappa shape index (κ2) is 6.96. The number of carbonyl (C=O) groups is 1. The molecule has 26 heavy (non-hydrogen) atoms. The van der Waals surface area contributed by atoms with Crippen LogP contribution in [0.15, 0.2) is 41.9 Å². The van der Waals surface area contributed by atoms with Crippen LogP contribution in [0.1, 0.15) is 34.8 Å². The fraction of sp³-hybridized carbons (Fsp3) is 0.300. The summed E-state index contributed by atoms with van der Waals surface area (Å²) in [5.41, 5.74) is 4.47. The van der Waals surface area contributed by atoms with Gasteiger partial charge >= 0.3 is 0 Å². The maximum atomic E-state index is 13.2. The summed E-state index contributed by atoms with van der Waals surface area (Å²) in [6, 6.07) is 11.5. The summed E-state index contributed by atoms with van der Waals surface area (Å²) < 4.78 is 11.9. The Hall–Kier alpha value is -2.60. The van der Waals surface area contributed by atoms with Crippen molar-refractivity contribution in [3.8, 4) is 11.5 Å². The zero-order valence-electron chi connectivity index (χ0n) is 14.8. The molecule has 0 spiro atoms. The molecule has 2 aromatic carbocycles. The van der Waals surface area contributed by atoms with Crippen molar-refractivity contribution in [1.29, 1.82) is 0 Å². The van der Waals surface area contributed by atoms with Crippen LogP contribution in [-0.4, -0.2) is 36.6 Å². The lowest BCUT2D eigenvalue weighted by atomic mass is 10.0. The van der Waals surface area contributed by atoms with E-state index in [0.29, 0.717) is 5.56 Å². The Morgan fingerprint density at radius 3 is 2.88 bits per heavy atom. The Morgan fingerprint density at radius 2 is 2.08 bits per heavy atom. The molecule has 0 saturated carbocycles. The molecule has 3 aromatic rings. The largest absolute Gasteiger partial charge is 0.497 e. The lowest BCUT2D eigenvalue weighted by Crippen LogP contribution is -2.30. The first-order chi connectivity index (χ1) is 12.7. The molecular formula is C20H20N2O3S. The molecule has 1 fully saturated rings. The Kier molecular flexibility index (Phi) is 4.51. The number of hydrogen-bond donors (Lipinski definition) is 0. The lowest BCUT2D eigenvalue weighted by Gasteiger charge is -2.26. The molecule has 0 aliphatic carbocycles. The molecular weight excluding hydrogens is 348 g/mol. The predicted octanol–water partition coefficient (Wildman–Crippen LogP) is 4.29. The van der Waals surface area contributed by atoms with Crippen molar-refractivity contribution in [2.45, 2.75) is 18.9 Å². The number of likely N-dealkylation sites (tertiary alicyclic amines) is 1. The van der Waals surface area contributed by atoms with E-state index in [-0.39, 0.29) is 11.9 Å². The van der Waals surface area contributed by atoms with Crippen LogP contribution in [0.3, 0.4) is 0 Å². The number of nitrogens with zero attached hydrogens (tertiary/aromatic N) is 2. The second-order valence-electron chi connectivity index (χ2n) is 6.30. The summed E-state index contributed by atoms with van der Waals surface area (Å²) in [4.78, 5) is 19.4. The molecule has 0 bridgehead atoms. The summed E-state index contributed by atoms with van der Waals surface area (Å²) in [7, 11) is 3.28. The topological polar surface area (TPSA) is 51.7 Å². The van der Waals surface area contributed by atoms with Crippen LogP contribution in [0, 0.1) is 0 Å². The third-order valence-electron chi connectivity index (χ3n) is 4.89. The minimum atomic E-state index is 0.0144. The van der Waals surface area contributed by atoms with Crippen molar-refractivity contribution in [2.75, 3.05) is 20.8 Å². The molecule has 1 aliphatic rings. The third-order valence-corrected chi connectivity index (χ3v) is 5.68. The maximum absolute atomic E-state index is 13.2. The molecule has 1 saturated heterocycles. The van der Waals surface area contributed by atoms with Crippen molar-refractivity contribution in [3.05, 3.63) is 53.0 Å². The van der Waals surface area contributed by atoms with Crippen molar-refractivity contribution in [1.82, 2.24) is 9.88 Å². The lowest BCUT2D eigenvalue weighted by molar-refractivity contribution is 0.0734. The number of fused-ring (bicyclic) bond motifs is 1. The zero-order chi connectivity index (χ0) is 18.1. The van der Waals surface area contributed by atoms with Gasteiger partial charge in [0.1, 0.15) is 11.5 Å². The molecule has 2 heterocycles. The van der Waals surface area contributed by atoms with E-state index in [4.69, 9.17) is 9.47 Å². The van der Waals surface area contributed by atoms with E-state index in [9.17, 15) is 4.79 Å². The van der Waals surface area contributed by atoms with Gasteiger partial charge in [-0.15, -0.1) is 11.3 Å². The number of ether oxygens (including phenoxy) is 2. The normalized spacial score (nSPS) is 16.8. The average molecular weight is 368 g/mol. The number of amides is 1.